The Balaban J connectivity index is 1.81. The second kappa shape index (κ2) is 8.88. The van der Waals surface area contributed by atoms with Crippen molar-refractivity contribution in [3.8, 4) is 5.75 Å². The Morgan fingerprint density at radius 2 is 1.81 bits per heavy atom. The smallest absolute Gasteiger partial charge is 0.315 e. The van der Waals surface area contributed by atoms with Gasteiger partial charge in [0.15, 0.2) is 5.78 Å². The summed E-state index contributed by atoms with van der Waals surface area (Å²) in [6.07, 6.45) is 1.09. The first kappa shape index (κ1) is 21.0. The monoisotopic (exact) mass is 417 g/mol. The summed E-state index contributed by atoms with van der Waals surface area (Å²) in [5.41, 5.74) is 4.12. The maximum absolute atomic E-state index is 13.5. The average Bonchev–Trinajstić information content (AvgIpc) is 2.78. The van der Waals surface area contributed by atoms with E-state index in [1.165, 1.54) is 0 Å². The van der Waals surface area contributed by atoms with Gasteiger partial charge in [0, 0.05) is 29.3 Å². The zero-order valence-corrected chi connectivity index (χ0v) is 18.1. The van der Waals surface area contributed by atoms with E-state index in [-0.39, 0.29) is 24.3 Å². The summed E-state index contributed by atoms with van der Waals surface area (Å²) in [5, 5.41) is 0. The lowest BCUT2D eigenvalue weighted by Gasteiger charge is -2.36. The van der Waals surface area contributed by atoms with Crippen LogP contribution in [-0.4, -0.2) is 31.2 Å². The molecule has 1 aliphatic carbocycles. The molecule has 3 atom stereocenters. The number of aliphatic imine (C=N–C) groups is 1. The minimum Gasteiger partial charge on any atom is -0.497 e. The van der Waals surface area contributed by atoms with Crippen molar-refractivity contribution in [2.75, 3.05) is 13.7 Å². The SMILES string of the molecule is CCOC(=O)C1C(C)=NC2=C(C(=O)C[C@@H](c3ccccc3)C2)[C@H]1c1cccc(OC)c1. The molecule has 5 nitrogen and oxygen atoms in total. The fourth-order valence-corrected chi connectivity index (χ4v) is 4.75. The number of ketones is 1. The summed E-state index contributed by atoms with van der Waals surface area (Å²) < 4.78 is 10.8. The summed E-state index contributed by atoms with van der Waals surface area (Å²) in [6.45, 7) is 3.92. The first-order valence-corrected chi connectivity index (χ1v) is 10.7. The number of ether oxygens (including phenoxy) is 2. The molecule has 2 aromatic carbocycles. The number of hydrogen-bond acceptors (Lipinski definition) is 5. The highest BCUT2D eigenvalue weighted by atomic mass is 16.5. The molecule has 1 unspecified atom stereocenters. The Morgan fingerprint density at radius 3 is 2.52 bits per heavy atom. The highest BCUT2D eigenvalue weighted by Crippen LogP contribution is 2.47. The Bertz CT molecular complexity index is 1050. The molecule has 0 fully saturated rings. The number of benzene rings is 2. The summed E-state index contributed by atoms with van der Waals surface area (Å²) in [7, 11) is 1.61. The quantitative estimate of drug-likeness (QED) is 0.654. The predicted octanol–water partition coefficient (Wildman–Crippen LogP) is 4.83. The molecule has 160 valence electrons. The van der Waals surface area contributed by atoms with E-state index in [2.05, 4.69) is 12.1 Å². The van der Waals surface area contributed by atoms with Gasteiger partial charge in [0.2, 0.25) is 0 Å². The van der Waals surface area contributed by atoms with Gasteiger partial charge in [0.1, 0.15) is 11.7 Å². The van der Waals surface area contributed by atoms with Crippen LogP contribution in [-0.2, 0) is 14.3 Å². The van der Waals surface area contributed by atoms with Gasteiger partial charge in [0.05, 0.1) is 13.7 Å². The third kappa shape index (κ3) is 4.05. The second-order valence-corrected chi connectivity index (χ2v) is 8.04. The Morgan fingerprint density at radius 1 is 1.06 bits per heavy atom. The molecule has 0 radical (unpaired) electrons. The van der Waals surface area contributed by atoms with E-state index in [0.717, 1.165) is 16.8 Å². The van der Waals surface area contributed by atoms with Gasteiger partial charge in [-0.25, -0.2) is 0 Å². The van der Waals surface area contributed by atoms with Crippen LogP contribution >= 0.6 is 0 Å². The van der Waals surface area contributed by atoms with Gasteiger partial charge in [-0.3, -0.25) is 14.6 Å². The van der Waals surface area contributed by atoms with Crippen LogP contribution in [0.1, 0.15) is 49.7 Å². The maximum atomic E-state index is 13.5. The van der Waals surface area contributed by atoms with Crippen LogP contribution in [0.2, 0.25) is 0 Å². The van der Waals surface area contributed by atoms with Gasteiger partial charge >= 0.3 is 5.97 Å². The van der Waals surface area contributed by atoms with E-state index < -0.39 is 11.8 Å². The van der Waals surface area contributed by atoms with Crippen LogP contribution < -0.4 is 4.74 Å². The normalized spacial score (nSPS) is 23.1. The largest absolute Gasteiger partial charge is 0.497 e. The molecule has 5 heteroatoms. The minimum atomic E-state index is -0.622. The fraction of sp³-hybridized carbons (Fsp3) is 0.346. The number of allylic oxidation sites excluding steroid dienone is 2. The van der Waals surface area contributed by atoms with Crippen LogP contribution in [0.25, 0.3) is 0 Å². The lowest BCUT2D eigenvalue weighted by Crippen LogP contribution is -2.38. The molecule has 4 rings (SSSR count). The lowest BCUT2D eigenvalue weighted by molar-refractivity contribution is -0.146. The summed E-state index contributed by atoms with van der Waals surface area (Å²) >= 11 is 0. The summed E-state index contributed by atoms with van der Waals surface area (Å²) in [5.74, 6) is -0.564. The number of esters is 1. The molecular formula is C26H27NO4. The van der Waals surface area contributed by atoms with Crippen molar-refractivity contribution in [3.63, 3.8) is 0 Å². The third-order valence-corrected chi connectivity index (χ3v) is 6.15. The van der Waals surface area contributed by atoms with Crippen LogP contribution in [0.5, 0.6) is 5.75 Å². The van der Waals surface area contributed by atoms with Crippen molar-refractivity contribution < 1.29 is 19.1 Å². The van der Waals surface area contributed by atoms with Gasteiger partial charge < -0.3 is 9.47 Å². The maximum Gasteiger partial charge on any atom is 0.315 e. The van der Waals surface area contributed by atoms with E-state index in [4.69, 9.17) is 14.5 Å². The van der Waals surface area contributed by atoms with Crippen LogP contribution in [0.3, 0.4) is 0 Å². The molecule has 0 saturated heterocycles. The van der Waals surface area contributed by atoms with Crippen molar-refractivity contribution in [1.82, 2.24) is 0 Å². The molecule has 2 aromatic rings. The molecular weight excluding hydrogens is 390 g/mol. The Labute approximate surface area is 182 Å². The minimum absolute atomic E-state index is 0.0495. The molecule has 1 aliphatic heterocycles. The van der Waals surface area contributed by atoms with Gasteiger partial charge in [0.25, 0.3) is 0 Å². The number of rotatable bonds is 5. The molecule has 0 amide bonds. The van der Waals surface area contributed by atoms with E-state index in [0.29, 0.717) is 29.9 Å². The van der Waals surface area contributed by atoms with E-state index in [9.17, 15) is 9.59 Å². The molecule has 0 aromatic heterocycles. The standard InChI is InChI=1S/C26H27NO4/c1-4-31-26(29)23-16(2)27-21-14-19(17-9-6-5-7-10-17)15-22(28)25(21)24(23)18-11-8-12-20(13-18)30-3/h5-13,19,23-24H,4,14-15H2,1-3H3/t19-,23?,24-/m0/s1. The highest BCUT2D eigenvalue weighted by molar-refractivity contribution is 6.09. The lowest BCUT2D eigenvalue weighted by atomic mass is 9.69. The van der Waals surface area contributed by atoms with Crippen molar-refractivity contribution in [1.29, 1.82) is 0 Å². The van der Waals surface area contributed by atoms with Crippen molar-refractivity contribution >= 4 is 17.5 Å². The first-order chi connectivity index (χ1) is 15.0. The number of carbonyl (C=O) groups excluding carboxylic acids is 2. The van der Waals surface area contributed by atoms with Gasteiger partial charge in [-0.15, -0.1) is 0 Å². The molecule has 2 aliphatic rings. The first-order valence-electron chi connectivity index (χ1n) is 10.7. The predicted molar refractivity (Wildman–Crippen MR) is 119 cm³/mol. The summed E-state index contributed by atoms with van der Waals surface area (Å²) in [6, 6.07) is 17.7. The van der Waals surface area contributed by atoms with Crippen LogP contribution in [0.15, 0.2) is 70.9 Å². The molecule has 0 spiro atoms. The number of hydrogen-bond donors (Lipinski definition) is 0. The number of methoxy groups -OCH3 is 1. The zero-order valence-electron chi connectivity index (χ0n) is 18.1. The van der Waals surface area contributed by atoms with Crippen molar-refractivity contribution in [3.05, 3.63) is 77.0 Å². The number of nitrogens with zero attached hydrogens (tertiary/aromatic N) is 1. The number of carbonyl (C=O) groups is 2. The van der Waals surface area contributed by atoms with E-state index in [1.807, 2.05) is 49.4 Å². The molecule has 0 N–H and O–H groups in total. The molecule has 0 saturated carbocycles. The van der Waals surface area contributed by atoms with Crippen molar-refractivity contribution in [2.45, 2.75) is 38.5 Å². The van der Waals surface area contributed by atoms with E-state index in [1.54, 1.807) is 14.0 Å². The summed E-state index contributed by atoms with van der Waals surface area (Å²) in [4.78, 5) is 31.2. The van der Waals surface area contributed by atoms with Crippen LogP contribution in [0.4, 0.5) is 0 Å². The Kier molecular flexibility index (Phi) is 6.03. The highest BCUT2D eigenvalue weighted by Gasteiger charge is 2.44. The zero-order chi connectivity index (χ0) is 22.0. The second-order valence-electron chi connectivity index (χ2n) is 8.04. The van der Waals surface area contributed by atoms with Gasteiger partial charge in [-0.05, 0) is 49.4 Å². The van der Waals surface area contributed by atoms with Gasteiger partial charge in [-0.1, -0.05) is 42.5 Å². The molecule has 0 bridgehead atoms. The third-order valence-electron chi connectivity index (χ3n) is 6.15. The number of Topliss-reactive ketones (excluding diaryl/α,β-unsaturated/α-hetero) is 1. The Hall–Kier alpha value is -3.21. The molecule has 31 heavy (non-hydrogen) atoms. The topological polar surface area (TPSA) is 65.0 Å². The van der Waals surface area contributed by atoms with Crippen molar-refractivity contribution in [2.24, 2.45) is 10.9 Å². The van der Waals surface area contributed by atoms with Crippen LogP contribution in [0, 0.1) is 5.92 Å². The van der Waals surface area contributed by atoms with Gasteiger partial charge in [-0.2, -0.15) is 0 Å². The molecule has 1 heterocycles. The average molecular weight is 418 g/mol. The van der Waals surface area contributed by atoms with E-state index >= 15 is 0 Å². The fourth-order valence-electron chi connectivity index (χ4n) is 4.75.